The number of ether oxygens (including phenoxy) is 1. The molecule has 3 nitrogen and oxygen atoms in total. The molecule has 1 fully saturated rings. The molecule has 0 amide bonds. The number of thiocarbonyl (C=S) groups is 1. The van der Waals surface area contributed by atoms with E-state index in [1.807, 2.05) is 0 Å². The molecule has 1 aliphatic heterocycles. The van der Waals surface area contributed by atoms with Gasteiger partial charge in [-0.05, 0) is 43.3 Å². The summed E-state index contributed by atoms with van der Waals surface area (Å²) in [6.07, 6.45) is 2.46. The van der Waals surface area contributed by atoms with Crippen molar-refractivity contribution in [2.24, 2.45) is 0 Å². The van der Waals surface area contributed by atoms with Crippen LogP contribution in [0.1, 0.15) is 12.8 Å². The van der Waals surface area contributed by atoms with E-state index in [4.69, 9.17) is 40.2 Å². The minimum atomic E-state index is 0.257. The van der Waals surface area contributed by atoms with E-state index in [-0.39, 0.29) is 6.10 Å². The van der Waals surface area contributed by atoms with Crippen LogP contribution in [0, 0.1) is 0 Å². The molecule has 6 heteroatoms. The maximum absolute atomic E-state index is 5.91. The second-order valence-electron chi connectivity index (χ2n) is 4.13. The summed E-state index contributed by atoms with van der Waals surface area (Å²) in [6, 6.07) is 5.22. The van der Waals surface area contributed by atoms with Gasteiger partial charge in [0.05, 0.1) is 6.10 Å². The molecule has 18 heavy (non-hydrogen) atoms. The van der Waals surface area contributed by atoms with Crippen LogP contribution in [0.25, 0.3) is 0 Å². The Morgan fingerprint density at radius 2 is 2.06 bits per heavy atom. The molecule has 1 heterocycles. The third-order valence-electron chi connectivity index (χ3n) is 2.63. The Labute approximate surface area is 122 Å². The Morgan fingerprint density at radius 1 is 1.33 bits per heavy atom. The molecule has 0 spiro atoms. The maximum atomic E-state index is 5.91. The van der Waals surface area contributed by atoms with E-state index in [1.54, 1.807) is 18.2 Å². The van der Waals surface area contributed by atoms with Gasteiger partial charge in [-0.3, -0.25) is 0 Å². The van der Waals surface area contributed by atoms with Gasteiger partial charge in [-0.25, -0.2) is 0 Å². The second kappa shape index (κ2) is 6.57. The quantitative estimate of drug-likeness (QED) is 0.838. The van der Waals surface area contributed by atoms with Gasteiger partial charge in [0.15, 0.2) is 5.11 Å². The highest BCUT2D eigenvalue weighted by atomic mass is 35.5. The van der Waals surface area contributed by atoms with Gasteiger partial charge in [-0.2, -0.15) is 0 Å². The summed E-state index contributed by atoms with van der Waals surface area (Å²) in [5, 5.41) is 7.86. The number of hydrogen-bond acceptors (Lipinski definition) is 2. The monoisotopic (exact) mass is 304 g/mol. The van der Waals surface area contributed by atoms with E-state index >= 15 is 0 Å². The maximum Gasteiger partial charge on any atom is 0.170 e. The SMILES string of the molecule is S=C(NC[C@H]1CCCO1)Nc1cc(Cl)cc(Cl)c1. The van der Waals surface area contributed by atoms with Gasteiger partial charge in [-0.1, -0.05) is 23.2 Å². The van der Waals surface area contributed by atoms with Crippen molar-refractivity contribution >= 4 is 46.2 Å². The Bertz CT molecular complexity index is 416. The van der Waals surface area contributed by atoms with Crippen LogP contribution in [0.3, 0.4) is 0 Å². The molecule has 0 aromatic heterocycles. The van der Waals surface area contributed by atoms with Crippen molar-refractivity contribution in [1.82, 2.24) is 5.32 Å². The topological polar surface area (TPSA) is 33.3 Å². The lowest BCUT2D eigenvalue weighted by Crippen LogP contribution is -2.34. The van der Waals surface area contributed by atoms with Crippen molar-refractivity contribution in [1.29, 1.82) is 0 Å². The van der Waals surface area contributed by atoms with Gasteiger partial charge in [0.1, 0.15) is 0 Å². The summed E-state index contributed by atoms with van der Waals surface area (Å²) in [4.78, 5) is 0. The summed E-state index contributed by atoms with van der Waals surface area (Å²) in [5.74, 6) is 0. The van der Waals surface area contributed by atoms with E-state index in [2.05, 4.69) is 10.6 Å². The summed E-state index contributed by atoms with van der Waals surface area (Å²) >= 11 is 17.0. The van der Waals surface area contributed by atoms with Gasteiger partial charge < -0.3 is 15.4 Å². The molecule has 2 N–H and O–H groups in total. The Balaban J connectivity index is 1.82. The first-order chi connectivity index (χ1) is 8.63. The number of hydrogen-bond donors (Lipinski definition) is 2. The molecule has 1 atom stereocenters. The average Bonchev–Trinajstić information content (AvgIpc) is 2.77. The van der Waals surface area contributed by atoms with Crippen molar-refractivity contribution in [3.63, 3.8) is 0 Å². The highest BCUT2D eigenvalue weighted by Crippen LogP contribution is 2.22. The molecular weight excluding hydrogens is 291 g/mol. The second-order valence-corrected chi connectivity index (χ2v) is 5.41. The number of anilines is 1. The van der Waals surface area contributed by atoms with E-state index in [0.717, 1.165) is 31.7 Å². The highest BCUT2D eigenvalue weighted by Gasteiger charge is 2.15. The lowest BCUT2D eigenvalue weighted by atomic mass is 10.2. The van der Waals surface area contributed by atoms with E-state index < -0.39 is 0 Å². The van der Waals surface area contributed by atoms with Crippen molar-refractivity contribution < 1.29 is 4.74 Å². The minimum Gasteiger partial charge on any atom is -0.376 e. The zero-order valence-electron chi connectivity index (χ0n) is 9.71. The van der Waals surface area contributed by atoms with Crippen LogP contribution in [0.2, 0.25) is 10.0 Å². The van der Waals surface area contributed by atoms with E-state index in [9.17, 15) is 0 Å². The van der Waals surface area contributed by atoms with Crippen LogP contribution in [0.15, 0.2) is 18.2 Å². The molecule has 0 unspecified atom stereocenters. The van der Waals surface area contributed by atoms with E-state index in [1.165, 1.54) is 0 Å². The minimum absolute atomic E-state index is 0.257. The molecular formula is C12H14Cl2N2OS. The molecule has 1 aliphatic rings. The molecule has 2 rings (SSSR count). The molecule has 1 aromatic rings. The van der Waals surface area contributed by atoms with Crippen LogP contribution < -0.4 is 10.6 Å². The molecule has 0 aliphatic carbocycles. The average molecular weight is 305 g/mol. The smallest absolute Gasteiger partial charge is 0.170 e. The molecule has 0 bridgehead atoms. The Hall–Kier alpha value is -0.550. The normalized spacial score (nSPS) is 18.7. The summed E-state index contributed by atoms with van der Waals surface area (Å²) in [5.41, 5.74) is 0.775. The van der Waals surface area contributed by atoms with Gasteiger partial charge in [-0.15, -0.1) is 0 Å². The molecule has 0 radical (unpaired) electrons. The third kappa shape index (κ3) is 4.28. The van der Waals surface area contributed by atoms with Gasteiger partial charge in [0.2, 0.25) is 0 Å². The number of benzene rings is 1. The van der Waals surface area contributed by atoms with Crippen LogP contribution in [-0.2, 0) is 4.74 Å². The van der Waals surface area contributed by atoms with Crippen molar-refractivity contribution in [2.45, 2.75) is 18.9 Å². The van der Waals surface area contributed by atoms with Crippen LogP contribution in [0.4, 0.5) is 5.69 Å². The fourth-order valence-corrected chi connectivity index (χ4v) is 2.54. The first kappa shape index (κ1) is 13.9. The first-order valence-corrected chi connectivity index (χ1v) is 6.92. The third-order valence-corrected chi connectivity index (χ3v) is 3.32. The molecule has 1 aromatic carbocycles. The predicted octanol–water partition coefficient (Wildman–Crippen LogP) is 3.46. The van der Waals surface area contributed by atoms with Gasteiger partial charge in [0.25, 0.3) is 0 Å². The number of rotatable bonds is 3. The first-order valence-electron chi connectivity index (χ1n) is 5.76. The number of nitrogens with one attached hydrogen (secondary N) is 2. The standard InChI is InChI=1S/C12H14Cl2N2OS/c13-8-4-9(14)6-10(5-8)16-12(18)15-7-11-2-1-3-17-11/h4-6,11H,1-3,7H2,(H2,15,16,18)/t11-/m1/s1. The van der Waals surface area contributed by atoms with Crippen molar-refractivity contribution in [3.05, 3.63) is 28.2 Å². The fourth-order valence-electron chi connectivity index (χ4n) is 1.81. The largest absolute Gasteiger partial charge is 0.376 e. The van der Waals surface area contributed by atoms with E-state index in [0.29, 0.717) is 15.2 Å². The molecule has 98 valence electrons. The summed E-state index contributed by atoms with van der Waals surface area (Å²) < 4.78 is 5.50. The molecule has 0 saturated carbocycles. The van der Waals surface area contributed by atoms with Gasteiger partial charge in [0, 0.05) is 28.9 Å². The predicted molar refractivity (Wildman–Crippen MR) is 79.7 cm³/mol. The fraction of sp³-hybridized carbons (Fsp3) is 0.417. The van der Waals surface area contributed by atoms with Crippen LogP contribution >= 0.6 is 35.4 Å². The van der Waals surface area contributed by atoms with Gasteiger partial charge >= 0.3 is 0 Å². The zero-order chi connectivity index (χ0) is 13.0. The lowest BCUT2D eigenvalue weighted by molar-refractivity contribution is 0.114. The molecule has 1 saturated heterocycles. The number of halogens is 2. The Kier molecular flexibility index (Phi) is 5.06. The van der Waals surface area contributed by atoms with Crippen molar-refractivity contribution in [3.8, 4) is 0 Å². The lowest BCUT2D eigenvalue weighted by Gasteiger charge is -2.14. The van der Waals surface area contributed by atoms with Crippen molar-refractivity contribution in [2.75, 3.05) is 18.5 Å². The zero-order valence-corrected chi connectivity index (χ0v) is 12.0. The highest BCUT2D eigenvalue weighted by molar-refractivity contribution is 7.80. The summed E-state index contributed by atoms with van der Waals surface area (Å²) in [6.45, 7) is 1.57. The van der Waals surface area contributed by atoms with Crippen LogP contribution in [-0.4, -0.2) is 24.4 Å². The summed E-state index contributed by atoms with van der Waals surface area (Å²) in [7, 11) is 0. The van der Waals surface area contributed by atoms with Crippen LogP contribution in [0.5, 0.6) is 0 Å². The Morgan fingerprint density at radius 3 is 2.67 bits per heavy atom.